The van der Waals surface area contributed by atoms with Crippen LogP contribution >= 0.6 is 0 Å². The number of ether oxygens (including phenoxy) is 1. The molecule has 0 saturated heterocycles. The fourth-order valence-electron chi connectivity index (χ4n) is 4.98. The molecule has 29 heavy (non-hydrogen) atoms. The number of carbonyl (C=O) groups excluding carboxylic acids is 1. The number of nitrogens with zero attached hydrogens (tertiary/aromatic N) is 1. The van der Waals surface area contributed by atoms with Gasteiger partial charge in [0.15, 0.2) is 0 Å². The van der Waals surface area contributed by atoms with Crippen LogP contribution in [-0.4, -0.2) is 17.0 Å². The van der Waals surface area contributed by atoms with Crippen molar-refractivity contribution in [3.8, 4) is 5.75 Å². The van der Waals surface area contributed by atoms with Gasteiger partial charge in [-0.05, 0) is 73.9 Å². The molecule has 4 heteroatoms. The highest BCUT2D eigenvalue weighted by Gasteiger charge is 2.33. The number of hydrogen-bond donors (Lipinski definition) is 1. The minimum atomic E-state index is -0.112. The molecule has 4 rings (SSSR count). The van der Waals surface area contributed by atoms with Gasteiger partial charge in [-0.15, -0.1) is 0 Å². The standard InChI is InChI=1S/C25H32N2O2/c28-25(27-22-15-17-26-18-16-22)21-11-13-23(14-12-21)29-24(19-7-3-1-4-8-19)20-9-5-2-6-10-20/h11-20,24H,1-10H2,(H,26,27,28). The maximum atomic E-state index is 12.5. The van der Waals surface area contributed by atoms with E-state index < -0.39 is 0 Å². The molecule has 0 unspecified atom stereocenters. The molecule has 0 bridgehead atoms. The number of hydrogen-bond acceptors (Lipinski definition) is 3. The summed E-state index contributed by atoms with van der Waals surface area (Å²) in [5.41, 5.74) is 1.39. The highest BCUT2D eigenvalue weighted by atomic mass is 16.5. The highest BCUT2D eigenvalue weighted by Crippen LogP contribution is 2.38. The van der Waals surface area contributed by atoms with Crippen LogP contribution in [0.4, 0.5) is 5.69 Å². The number of anilines is 1. The molecule has 154 valence electrons. The van der Waals surface area contributed by atoms with E-state index in [1.54, 1.807) is 24.5 Å². The van der Waals surface area contributed by atoms with E-state index in [0.717, 1.165) is 11.4 Å². The predicted octanol–water partition coefficient (Wildman–Crippen LogP) is 6.24. The van der Waals surface area contributed by atoms with E-state index in [1.165, 1.54) is 64.2 Å². The number of rotatable bonds is 6. The first-order chi connectivity index (χ1) is 14.3. The number of amides is 1. The fraction of sp³-hybridized carbons (Fsp3) is 0.520. The molecular formula is C25H32N2O2. The first kappa shape index (κ1) is 19.9. The molecular weight excluding hydrogens is 360 g/mol. The van der Waals surface area contributed by atoms with E-state index in [-0.39, 0.29) is 5.91 Å². The highest BCUT2D eigenvalue weighted by molar-refractivity contribution is 6.04. The van der Waals surface area contributed by atoms with Crippen LogP contribution in [0.3, 0.4) is 0 Å². The Morgan fingerprint density at radius 2 is 1.38 bits per heavy atom. The number of nitrogens with one attached hydrogen (secondary N) is 1. The molecule has 4 nitrogen and oxygen atoms in total. The summed E-state index contributed by atoms with van der Waals surface area (Å²) in [5, 5.41) is 2.90. The number of pyridine rings is 1. The summed E-state index contributed by atoms with van der Waals surface area (Å²) >= 11 is 0. The van der Waals surface area contributed by atoms with Gasteiger partial charge in [0.25, 0.3) is 5.91 Å². The smallest absolute Gasteiger partial charge is 0.255 e. The van der Waals surface area contributed by atoms with Gasteiger partial charge in [-0.2, -0.15) is 0 Å². The number of benzene rings is 1. The van der Waals surface area contributed by atoms with Gasteiger partial charge in [0, 0.05) is 23.6 Å². The fourth-order valence-corrected chi connectivity index (χ4v) is 4.98. The van der Waals surface area contributed by atoms with Gasteiger partial charge >= 0.3 is 0 Å². The Hall–Kier alpha value is -2.36. The lowest BCUT2D eigenvalue weighted by Gasteiger charge is -2.37. The average Bonchev–Trinajstić information content (AvgIpc) is 2.80. The average molecular weight is 393 g/mol. The van der Waals surface area contributed by atoms with Crippen molar-refractivity contribution in [2.45, 2.75) is 70.3 Å². The molecule has 1 heterocycles. The summed E-state index contributed by atoms with van der Waals surface area (Å²) in [6.07, 6.45) is 17.0. The molecule has 2 fully saturated rings. The van der Waals surface area contributed by atoms with Crippen molar-refractivity contribution in [1.82, 2.24) is 4.98 Å². The van der Waals surface area contributed by atoms with Gasteiger partial charge in [-0.3, -0.25) is 9.78 Å². The molecule has 2 aliphatic carbocycles. The van der Waals surface area contributed by atoms with Crippen molar-refractivity contribution < 1.29 is 9.53 Å². The Labute approximate surface area is 174 Å². The molecule has 2 saturated carbocycles. The van der Waals surface area contributed by atoms with Gasteiger partial charge in [-0.1, -0.05) is 38.5 Å². The van der Waals surface area contributed by atoms with Crippen LogP contribution in [0.1, 0.15) is 74.6 Å². The zero-order valence-corrected chi connectivity index (χ0v) is 17.2. The molecule has 2 aromatic rings. The molecule has 1 aromatic carbocycles. The van der Waals surface area contributed by atoms with Crippen LogP contribution < -0.4 is 10.1 Å². The minimum absolute atomic E-state index is 0.112. The third-order valence-electron chi connectivity index (χ3n) is 6.56. The Bertz CT molecular complexity index is 745. The molecule has 1 N–H and O–H groups in total. The van der Waals surface area contributed by atoms with Gasteiger partial charge < -0.3 is 10.1 Å². The van der Waals surface area contributed by atoms with Crippen LogP contribution in [0.2, 0.25) is 0 Å². The van der Waals surface area contributed by atoms with Gasteiger partial charge in [-0.25, -0.2) is 0 Å². The van der Waals surface area contributed by atoms with Crippen molar-refractivity contribution in [3.05, 3.63) is 54.4 Å². The van der Waals surface area contributed by atoms with E-state index in [2.05, 4.69) is 10.3 Å². The summed E-state index contributed by atoms with van der Waals surface area (Å²) in [5.74, 6) is 2.15. The largest absolute Gasteiger partial charge is 0.490 e. The van der Waals surface area contributed by atoms with E-state index in [9.17, 15) is 4.79 Å². The summed E-state index contributed by atoms with van der Waals surface area (Å²) in [7, 11) is 0. The summed E-state index contributed by atoms with van der Waals surface area (Å²) < 4.78 is 6.61. The summed E-state index contributed by atoms with van der Waals surface area (Å²) in [4.78, 5) is 16.4. The zero-order valence-electron chi connectivity index (χ0n) is 17.2. The lowest BCUT2D eigenvalue weighted by Crippen LogP contribution is -2.37. The van der Waals surface area contributed by atoms with Gasteiger partial charge in [0.1, 0.15) is 11.9 Å². The Balaban J connectivity index is 1.42. The second-order valence-electron chi connectivity index (χ2n) is 8.59. The van der Waals surface area contributed by atoms with Gasteiger partial charge in [0.05, 0.1) is 0 Å². The number of aromatic nitrogens is 1. The molecule has 0 atom stereocenters. The molecule has 0 radical (unpaired) electrons. The van der Waals surface area contributed by atoms with Gasteiger partial charge in [0.2, 0.25) is 0 Å². The lowest BCUT2D eigenvalue weighted by molar-refractivity contribution is 0.0390. The monoisotopic (exact) mass is 392 g/mol. The third-order valence-corrected chi connectivity index (χ3v) is 6.56. The molecule has 0 spiro atoms. The normalized spacial score (nSPS) is 18.5. The lowest BCUT2D eigenvalue weighted by atomic mass is 9.75. The van der Waals surface area contributed by atoms with Crippen LogP contribution in [0.25, 0.3) is 0 Å². The van der Waals surface area contributed by atoms with Crippen LogP contribution in [-0.2, 0) is 0 Å². The Morgan fingerprint density at radius 1 is 0.828 bits per heavy atom. The Kier molecular flexibility index (Phi) is 6.81. The first-order valence-electron chi connectivity index (χ1n) is 11.3. The minimum Gasteiger partial charge on any atom is -0.490 e. The quantitative estimate of drug-likeness (QED) is 0.633. The topological polar surface area (TPSA) is 51.2 Å². The predicted molar refractivity (Wildman–Crippen MR) is 116 cm³/mol. The molecule has 1 amide bonds. The summed E-state index contributed by atoms with van der Waals surface area (Å²) in [6, 6.07) is 11.2. The second-order valence-corrected chi connectivity index (χ2v) is 8.59. The number of carbonyl (C=O) groups is 1. The maximum Gasteiger partial charge on any atom is 0.255 e. The maximum absolute atomic E-state index is 12.5. The molecule has 0 aliphatic heterocycles. The van der Waals surface area contributed by atoms with Crippen molar-refractivity contribution in [1.29, 1.82) is 0 Å². The first-order valence-corrected chi connectivity index (χ1v) is 11.3. The van der Waals surface area contributed by atoms with Crippen molar-refractivity contribution in [2.24, 2.45) is 11.8 Å². The molecule has 2 aliphatic rings. The van der Waals surface area contributed by atoms with Crippen LogP contribution in [0, 0.1) is 11.8 Å². The Morgan fingerprint density at radius 3 is 1.93 bits per heavy atom. The molecule has 1 aromatic heterocycles. The van der Waals surface area contributed by atoms with Crippen LogP contribution in [0.15, 0.2) is 48.8 Å². The van der Waals surface area contributed by atoms with Crippen LogP contribution in [0.5, 0.6) is 5.75 Å². The third kappa shape index (κ3) is 5.37. The van der Waals surface area contributed by atoms with Crippen molar-refractivity contribution >= 4 is 11.6 Å². The van der Waals surface area contributed by atoms with E-state index in [4.69, 9.17) is 4.74 Å². The van der Waals surface area contributed by atoms with E-state index >= 15 is 0 Å². The second kappa shape index (κ2) is 9.91. The SMILES string of the molecule is O=C(Nc1ccncc1)c1ccc(OC(C2CCCCC2)C2CCCCC2)cc1. The van der Waals surface area contributed by atoms with E-state index in [1.807, 2.05) is 24.3 Å². The van der Waals surface area contributed by atoms with E-state index in [0.29, 0.717) is 23.5 Å². The zero-order chi connectivity index (χ0) is 19.9. The van der Waals surface area contributed by atoms with Crippen molar-refractivity contribution in [3.63, 3.8) is 0 Å². The van der Waals surface area contributed by atoms with Crippen molar-refractivity contribution in [2.75, 3.05) is 5.32 Å². The summed E-state index contributed by atoms with van der Waals surface area (Å²) in [6.45, 7) is 0.